The van der Waals surface area contributed by atoms with Crippen LogP contribution in [0, 0.1) is 0 Å². The number of fused-ring (bicyclic) bond motifs is 2. The second-order valence-corrected chi connectivity index (χ2v) is 4.66. The average molecular weight is 155 g/mol. The van der Waals surface area contributed by atoms with E-state index in [1.165, 1.54) is 32.1 Å². The minimum absolute atomic E-state index is 0.104. The van der Waals surface area contributed by atoms with Crippen LogP contribution in [0.1, 0.15) is 46.0 Å². The van der Waals surface area contributed by atoms with E-state index < -0.39 is 0 Å². The van der Waals surface area contributed by atoms with Crippen LogP contribution in [-0.4, -0.2) is 21.3 Å². The summed E-state index contributed by atoms with van der Waals surface area (Å²) >= 11 is 0. The van der Waals surface area contributed by atoms with Crippen molar-refractivity contribution >= 4 is 0 Å². The molecule has 0 aromatic carbocycles. The summed E-state index contributed by atoms with van der Waals surface area (Å²) in [6, 6.07) is 0. The van der Waals surface area contributed by atoms with Gasteiger partial charge in [0, 0.05) is 11.1 Å². The minimum Gasteiger partial charge on any atom is -0.313 e. The summed E-state index contributed by atoms with van der Waals surface area (Å²) in [5.74, 6) is 0. The summed E-state index contributed by atoms with van der Waals surface area (Å²) in [6.45, 7) is 4.36. The predicted molar refractivity (Wildman–Crippen MR) is 43.5 cm³/mol. The maximum atomic E-state index is 9.86. The molecule has 0 spiro atoms. The van der Waals surface area contributed by atoms with Crippen molar-refractivity contribution in [3.8, 4) is 0 Å². The largest absolute Gasteiger partial charge is 0.313 e. The van der Waals surface area contributed by atoms with E-state index >= 15 is 0 Å². The molecule has 2 bridgehead atoms. The molecule has 0 radical (unpaired) electrons. The van der Waals surface area contributed by atoms with E-state index in [0.717, 1.165) is 0 Å². The third-order valence-corrected chi connectivity index (χ3v) is 3.66. The second-order valence-electron chi connectivity index (χ2n) is 4.66. The van der Waals surface area contributed by atoms with Crippen molar-refractivity contribution in [2.24, 2.45) is 0 Å². The number of nitrogens with zero attached hydrogens (tertiary/aromatic N) is 1. The Hall–Kier alpha value is -0.0800. The molecule has 2 unspecified atom stereocenters. The van der Waals surface area contributed by atoms with Crippen LogP contribution in [0.5, 0.6) is 0 Å². The predicted octanol–water partition coefficient (Wildman–Crippen LogP) is 2.17. The van der Waals surface area contributed by atoms with Gasteiger partial charge in [-0.1, -0.05) is 0 Å². The van der Waals surface area contributed by atoms with E-state index in [0.29, 0.717) is 0 Å². The lowest BCUT2D eigenvalue weighted by atomic mass is 9.88. The Morgan fingerprint density at radius 3 is 1.82 bits per heavy atom. The van der Waals surface area contributed by atoms with Gasteiger partial charge < -0.3 is 5.21 Å². The molecule has 0 amide bonds. The smallest absolute Gasteiger partial charge is 0.0439 e. The first kappa shape index (κ1) is 7.56. The molecule has 2 aliphatic rings. The fourth-order valence-electron chi connectivity index (χ4n) is 2.71. The van der Waals surface area contributed by atoms with Gasteiger partial charge in [0.2, 0.25) is 0 Å². The number of hydroxylamine groups is 2. The summed E-state index contributed by atoms with van der Waals surface area (Å²) in [5.41, 5.74) is 0.208. The van der Waals surface area contributed by atoms with E-state index in [4.69, 9.17) is 0 Å². The minimum atomic E-state index is 0.104. The van der Waals surface area contributed by atoms with Crippen molar-refractivity contribution in [2.45, 2.75) is 57.0 Å². The third-order valence-electron chi connectivity index (χ3n) is 3.66. The van der Waals surface area contributed by atoms with Crippen LogP contribution in [0.4, 0.5) is 0 Å². The summed E-state index contributed by atoms with van der Waals surface area (Å²) in [5, 5.41) is 11.5. The first-order valence-electron chi connectivity index (χ1n) is 4.56. The summed E-state index contributed by atoms with van der Waals surface area (Å²) in [4.78, 5) is 0. The van der Waals surface area contributed by atoms with Crippen LogP contribution in [-0.2, 0) is 0 Å². The average Bonchev–Trinajstić information content (AvgIpc) is 2.17. The maximum absolute atomic E-state index is 9.86. The van der Waals surface area contributed by atoms with Crippen LogP contribution >= 0.6 is 0 Å². The van der Waals surface area contributed by atoms with E-state index in [9.17, 15) is 5.21 Å². The molecular weight excluding hydrogens is 138 g/mol. The lowest BCUT2D eigenvalue weighted by Crippen LogP contribution is -2.52. The van der Waals surface area contributed by atoms with Gasteiger partial charge in [0.05, 0.1) is 0 Å². The Morgan fingerprint density at radius 1 is 1.00 bits per heavy atom. The molecule has 11 heavy (non-hydrogen) atoms. The van der Waals surface area contributed by atoms with Crippen LogP contribution in [0.2, 0.25) is 0 Å². The zero-order valence-corrected chi connectivity index (χ0v) is 7.43. The molecule has 0 aliphatic carbocycles. The van der Waals surface area contributed by atoms with Crippen molar-refractivity contribution in [2.75, 3.05) is 0 Å². The molecule has 0 saturated carbocycles. The van der Waals surface area contributed by atoms with E-state index in [1.54, 1.807) is 5.06 Å². The highest BCUT2D eigenvalue weighted by atomic mass is 16.5. The zero-order chi connectivity index (χ0) is 8.11. The number of hydrogen-bond donors (Lipinski definition) is 1. The van der Waals surface area contributed by atoms with E-state index in [-0.39, 0.29) is 11.1 Å². The van der Waals surface area contributed by atoms with Gasteiger partial charge in [-0.15, -0.1) is 0 Å². The van der Waals surface area contributed by atoms with Crippen LogP contribution in [0.15, 0.2) is 0 Å². The second kappa shape index (κ2) is 1.99. The SMILES string of the molecule is CC12CCCC(C)(CC1)N2O. The summed E-state index contributed by atoms with van der Waals surface area (Å²) in [6.07, 6.45) is 5.95. The highest BCUT2D eigenvalue weighted by Gasteiger charge is 2.52. The highest BCUT2D eigenvalue weighted by molar-refractivity contribution is 5.04. The summed E-state index contributed by atoms with van der Waals surface area (Å²) < 4.78 is 0. The van der Waals surface area contributed by atoms with Crippen molar-refractivity contribution in [1.29, 1.82) is 0 Å². The molecule has 2 heteroatoms. The zero-order valence-electron chi connectivity index (χ0n) is 7.43. The fourth-order valence-corrected chi connectivity index (χ4v) is 2.71. The normalized spacial score (nSPS) is 51.5. The van der Waals surface area contributed by atoms with E-state index in [1.807, 2.05) is 0 Å². The topological polar surface area (TPSA) is 23.5 Å². The third kappa shape index (κ3) is 0.859. The Morgan fingerprint density at radius 2 is 1.45 bits per heavy atom. The van der Waals surface area contributed by atoms with Gasteiger partial charge in [0.1, 0.15) is 0 Å². The van der Waals surface area contributed by atoms with Crippen molar-refractivity contribution in [3.63, 3.8) is 0 Å². The molecule has 2 atom stereocenters. The lowest BCUT2D eigenvalue weighted by Gasteiger charge is -2.43. The van der Waals surface area contributed by atoms with Gasteiger partial charge in [0.25, 0.3) is 0 Å². The van der Waals surface area contributed by atoms with Crippen molar-refractivity contribution in [3.05, 3.63) is 0 Å². The number of piperidine rings is 1. The van der Waals surface area contributed by atoms with Gasteiger partial charge in [-0.3, -0.25) is 0 Å². The molecule has 2 fully saturated rings. The molecule has 2 aliphatic heterocycles. The fraction of sp³-hybridized carbons (Fsp3) is 1.00. The van der Waals surface area contributed by atoms with Gasteiger partial charge in [-0.2, -0.15) is 5.06 Å². The van der Waals surface area contributed by atoms with Gasteiger partial charge in [-0.05, 0) is 46.0 Å². The molecule has 2 saturated heterocycles. The molecular formula is C9H17NO. The number of hydrogen-bond acceptors (Lipinski definition) is 2. The molecule has 1 N–H and O–H groups in total. The maximum Gasteiger partial charge on any atom is 0.0439 e. The Labute approximate surface area is 68.2 Å². The Bertz CT molecular complexity index is 164. The quantitative estimate of drug-likeness (QED) is 0.579. The Kier molecular flexibility index (Phi) is 1.37. The van der Waals surface area contributed by atoms with Gasteiger partial charge in [-0.25, -0.2) is 0 Å². The van der Waals surface area contributed by atoms with E-state index in [2.05, 4.69) is 13.8 Å². The van der Waals surface area contributed by atoms with Gasteiger partial charge in [0.15, 0.2) is 0 Å². The first-order chi connectivity index (χ1) is 5.07. The molecule has 0 aromatic heterocycles. The Balaban J connectivity index is 2.30. The molecule has 2 nitrogen and oxygen atoms in total. The highest BCUT2D eigenvalue weighted by Crippen LogP contribution is 2.48. The lowest BCUT2D eigenvalue weighted by molar-refractivity contribution is -0.220. The molecule has 2 rings (SSSR count). The van der Waals surface area contributed by atoms with Crippen LogP contribution in [0.25, 0.3) is 0 Å². The van der Waals surface area contributed by atoms with Crippen molar-refractivity contribution < 1.29 is 5.21 Å². The van der Waals surface area contributed by atoms with Crippen molar-refractivity contribution in [1.82, 2.24) is 5.06 Å². The van der Waals surface area contributed by atoms with Crippen LogP contribution < -0.4 is 0 Å². The monoisotopic (exact) mass is 155 g/mol. The molecule has 0 aromatic rings. The van der Waals surface area contributed by atoms with Gasteiger partial charge >= 0.3 is 0 Å². The standard InChI is InChI=1S/C9H17NO/c1-8-4-3-5-9(2,7-6-8)10(8)11/h11H,3-7H2,1-2H3. The molecule has 64 valence electrons. The van der Waals surface area contributed by atoms with Crippen LogP contribution in [0.3, 0.4) is 0 Å². The first-order valence-corrected chi connectivity index (χ1v) is 4.56. The molecule has 2 heterocycles. The summed E-state index contributed by atoms with van der Waals surface area (Å²) in [7, 11) is 0. The number of rotatable bonds is 0.